The van der Waals surface area contributed by atoms with Crippen molar-refractivity contribution in [3.05, 3.63) is 29.3 Å². The Balaban J connectivity index is 2.33. The third kappa shape index (κ3) is 3.08. The Hall–Kier alpha value is -1.53. The topological polar surface area (TPSA) is 47.3 Å². The molecule has 102 valence electrons. The highest BCUT2D eigenvalue weighted by atomic mass is 16.3. The van der Waals surface area contributed by atoms with Gasteiger partial charge in [0.1, 0.15) is 0 Å². The number of rotatable bonds is 3. The first kappa shape index (κ1) is 13.9. The molecule has 0 saturated carbocycles. The van der Waals surface area contributed by atoms with Crippen molar-refractivity contribution in [1.29, 1.82) is 5.26 Å². The van der Waals surface area contributed by atoms with Crippen LogP contribution in [0.15, 0.2) is 18.2 Å². The largest absolute Gasteiger partial charge is 0.389 e. The van der Waals surface area contributed by atoms with E-state index in [0.717, 1.165) is 30.3 Å². The second-order valence-corrected chi connectivity index (χ2v) is 5.42. The van der Waals surface area contributed by atoms with E-state index in [4.69, 9.17) is 5.26 Å². The van der Waals surface area contributed by atoms with Crippen LogP contribution in [-0.2, 0) is 0 Å². The molecule has 0 spiro atoms. The third-order valence-corrected chi connectivity index (χ3v) is 4.05. The van der Waals surface area contributed by atoms with E-state index >= 15 is 0 Å². The normalized spacial score (nSPS) is 20.9. The number of nitriles is 1. The molecule has 1 saturated heterocycles. The van der Waals surface area contributed by atoms with Crippen LogP contribution in [0.2, 0.25) is 0 Å². The number of hydrogen-bond donors (Lipinski definition) is 1. The van der Waals surface area contributed by atoms with Gasteiger partial charge in [0.05, 0.1) is 17.7 Å². The first-order chi connectivity index (χ1) is 9.15. The monoisotopic (exact) mass is 258 g/mol. The van der Waals surface area contributed by atoms with Gasteiger partial charge in [-0.05, 0) is 37.8 Å². The molecular weight excluding hydrogens is 236 g/mol. The van der Waals surface area contributed by atoms with E-state index < -0.39 is 6.10 Å². The lowest BCUT2D eigenvalue weighted by atomic mass is 9.94. The number of benzene rings is 1. The molecule has 19 heavy (non-hydrogen) atoms. The van der Waals surface area contributed by atoms with Gasteiger partial charge in [-0.1, -0.05) is 19.4 Å². The van der Waals surface area contributed by atoms with Crippen molar-refractivity contribution in [3.63, 3.8) is 0 Å². The Labute approximate surface area is 115 Å². The third-order valence-electron chi connectivity index (χ3n) is 4.05. The molecule has 0 aromatic heterocycles. The van der Waals surface area contributed by atoms with Gasteiger partial charge >= 0.3 is 0 Å². The van der Waals surface area contributed by atoms with E-state index in [1.807, 2.05) is 12.1 Å². The van der Waals surface area contributed by atoms with Crippen LogP contribution < -0.4 is 4.90 Å². The number of aliphatic hydroxyl groups excluding tert-OH is 1. The summed E-state index contributed by atoms with van der Waals surface area (Å²) in [5, 5.41) is 19.0. The van der Waals surface area contributed by atoms with Gasteiger partial charge < -0.3 is 10.0 Å². The summed E-state index contributed by atoms with van der Waals surface area (Å²) in [4.78, 5) is 2.33. The zero-order valence-electron chi connectivity index (χ0n) is 11.8. The number of nitrogens with zero attached hydrogens (tertiary/aromatic N) is 2. The molecule has 0 amide bonds. The molecule has 1 aromatic rings. The number of anilines is 1. The summed E-state index contributed by atoms with van der Waals surface area (Å²) in [5.74, 6) is 0.723. The molecule has 1 fully saturated rings. The lowest BCUT2D eigenvalue weighted by molar-refractivity contribution is 0.199. The summed E-state index contributed by atoms with van der Waals surface area (Å²) in [6, 6.07) is 7.77. The maximum atomic E-state index is 9.91. The molecule has 1 heterocycles. The molecule has 1 unspecified atom stereocenters. The number of aliphatic hydroxyl groups is 1. The van der Waals surface area contributed by atoms with Crippen LogP contribution in [-0.4, -0.2) is 18.2 Å². The van der Waals surface area contributed by atoms with Crippen LogP contribution in [0, 0.1) is 17.2 Å². The summed E-state index contributed by atoms with van der Waals surface area (Å²) in [7, 11) is 0. The Morgan fingerprint density at radius 3 is 2.95 bits per heavy atom. The predicted molar refractivity (Wildman–Crippen MR) is 77.0 cm³/mol. The molecule has 0 aliphatic carbocycles. The molecule has 0 radical (unpaired) electrons. The molecule has 3 nitrogen and oxygen atoms in total. The molecule has 1 aliphatic heterocycles. The minimum absolute atomic E-state index is 0.496. The van der Waals surface area contributed by atoms with Crippen molar-refractivity contribution < 1.29 is 5.11 Å². The highest BCUT2D eigenvalue weighted by molar-refractivity contribution is 5.58. The van der Waals surface area contributed by atoms with Crippen molar-refractivity contribution in [2.45, 2.75) is 39.2 Å². The Bertz CT molecular complexity index is 476. The van der Waals surface area contributed by atoms with Crippen LogP contribution in [0.1, 0.15) is 50.3 Å². The highest BCUT2D eigenvalue weighted by Gasteiger charge is 2.22. The van der Waals surface area contributed by atoms with E-state index in [-0.39, 0.29) is 0 Å². The fraction of sp³-hybridized carbons (Fsp3) is 0.562. The van der Waals surface area contributed by atoms with E-state index in [9.17, 15) is 5.11 Å². The van der Waals surface area contributed by atoms with Crippen LogP contribution in [0.5, 0.6) is 0 Å². The average molecular weight is 258 g/mol. The Morgan fingerprint density at radius 1 is 1.53 bits per heavy atom. The second-order valence-electron chi connectivity index (χ2n) is 5.42. The van der Waals surface area contributed by atoms with E-state index in [1.165, 1.54) is 19.3 Å². The number of piperidine rings is 1. The first-order valence-corrected chi connectivity index (χ1v) is 7.12. The molecule has 2 atom stereocenters. The summed E-state index contributed by atoms with van der Waals surface area (Å²) in [5.41, 5.74) is 2.63. The van der Waals surface area contributed by atoms with Gasteiger partial charge in [0.2, 0.25) is 0 Å². The Morgan fingerprint density at radius 2 is 2.32 bits per heavy atom. The van der Waals surface area contributed by atoms with E-state index in [1.54, 1.807) is 13.0 Å². The average Bonchev–Trinajstić information content (AvgIpc) is 2.46. The van der Waals surface area contributed by atoms with Crippen LogP contribution in [0.3, 0.4) is 0 Å². The van der Waals surface area contributed by atoms with Gasteiger partial charge in [-0.25, -0.2) is 0 Å². The maximum Gasteiger partial charge on any atom is 0.0992 e. The smallest absolute Gasteiger partial charge is 0.0992 e. The molecule has 0 bridgehead atoms. The van der Waals surface area contributed by atoms with Crippen LogP contribution in [0.25, 0.3) is 0 Å². The SMILES string of the molecule is CCC1CCCN(c2cc(C#N)ccc2[C@@H](C)O)C1. The predicted octanol–water partition coefficient (Wildman–Crippen LogP) is 3.24. The molecule has 1 N–H and O–H groups in total. The summed E-state index contributed by atoms with van der Waals surface area (Å²) in [6.45, 7) is 6.07. The highest BCUT2D eigenvalue weighted by Crippen LogP contribution is 2.31. The minimum atomic E-state index is -0.496. The molecule has 3 heteroatoms. The first-order valence-electron chi connectivity index (χ1n) is 7.12. The van der Waals surface area contributed by atoms with Crippen molar-refractivity contribution in [2.75, 3.05) is 18.0 Å². The van der Waals surface area contributed by atoms with Crippen molar-refractivity contribution >= 4 is 5.69 Å². The lowest BCUT2D eigenvalue weighted by Crippen LogP contribution is -2.35. The molecule has 1 aromatic carbocycles. The fourth-order valence-corrected chi connectivity index (χ4v) is 2.86. The van der Waals surface area contributed by atoms with Crippen molar-refractivity contribution in [1.82, 2.24) is 0 Å². The van der Waals surface area contributed by atoms with Gasteiger partial charge in [0, 0.05) is 24.3 Å². The van der Waals surface area contributed by atoms with E-state index in [2.05, 4.69) is 17.9 Å². The fourth-order valence-electron chi connectivity index (χ4n) is 2.86. The van der Waals surface area contributed by atoms with Gasteiger partial charge in [-0.3, -0.25) is 0 Å². The zero-order chi connectivity index (χ0) is 13.8. The lowest BCUT2D eigenvalue weighted by Gasteiger charge is -2.35. The van der Waals surface area contributed by atoms with Gasteiger partial charge in [0.15, 0.2) is 0 Å². The van der Waals surface area contributed by atoms with Crippen LogP contribution in [0.4, 0.5) is 5.69 Å². The molecule has 2 rings (SSSR count). The Kier molecular flexibility index (Phi) is 4.44. The van der Waals surface area contributed by atoms with Gasteiger partial charge in [-0.2, -0.15) is 5.26 Å². The van der Waals surface area contributed by atoms with Gasteiger partial charge in [-0.15, -0.1) is 0 Å². The van der Waals surface area contributed by atoms with Crippen molar-refractivity contribution in [3.8, 4) is 6.07 Å². The zero-order valence-corrected chi connectivity index (χ0v) is 11.8. The summed E-state index contributed by atoms with van der Waals surface area (Å²) < 4.78 is 0. The quantitative estimate of drug-likeness (QED) is 0.905. The summed E-state index contributed by atoms with van der Waals surface area (Å²) in [6.07, 6.45) is 3.17. The minimum Gasteiger partial charge on any atom is -0.389 e. The van der Waals surface area contributed by atoms with Gasteiger partial charge in [0.25, 0.3) is 0 Å². The van der Waals surface area contributed by atoms with E-state index in [0.29, 0.717) is 5.56 Å². The van der Waals surface area contributed by atoms with Crippen LogP contribution >= 0.6 is 0 Å². The standard InChI is InChI=1S/C16H22N2O/c1-3-13-5-4-8-18(11-13)16-9-14(10-17)6-7-15(16)12(2)19/h6-7,9,12-13,19H,3-5,8,11H2,1-2H3/t12-,13?/m1/s1. The summed E-state index contributed by atoms with van der Waals surface area (Å²) >= 11 is 0. The molecule has 1 aliphatic rings. The van der Waals surface area contributed by atoms with Crippen molar-refractivity contribution in [2.24, 2.45) is 5.92 Å². The maximum absolute atomic E-state index is 9.91. The number of hydrogen-bond acceptors (Lipinski definition) is 3. The molecular formula is C16H22N2O. The second kappa shape index (κ2) is 6.08.